The fourth-order valence-corrected chi connectivity index (χ4v) is 3.73. The van der Waals surface area contributed by atoms with Crippen LogP contribution in [0.3, 0.4) is 0 Å². The molecule has 7 heteroatoms. The van der Waals surface area contributed by atoms with Gasteiger partial charge in [-0.05, 0) is 41.2 Å². The van der Waals surface area contributed by atoms with Crippen LogP contribution in [0, 0.1) is 5.92 Å². The molecule has 1 aliphatic heterocycles. The minimum atomic E-state index is -0.207. The summed E-state index contributed by atoms with van der Waals surface area (Å²) in [7, 11) is 0. The van der Waals surface area contributed by atoms with Gasteiger partial charge in [0.05, 0.1) is 11.3 Å². The number of rotatable bonds is 4. The molecule has 2 aromatic heterocycles. The number of hydrogen-bond donors (Lipinski definition) is 1. The Labute approximate surface area is 141 Å². The lowest BCUT2D eigenvalue weighted by molar-refractivity contribution is 0.102. The first kappa shape index (κ1) is 15.7. The van der Waals surface area contributed by atoms with Gasteiger partial charge in [0, 0.05) is 24.5 Å². The number of halogens is 1. The second kappa shape index (κ2) is 6.93. The van der Waals surface area contributed by atoms with E-state index in [0.29, 0.717) is 15.4 Å². The lowest BCUT2D eigenvalue weighted by Gasteiger charge is -2.30. The lowest BCUT2D eigenvalue weighted by Crippen LogP contribution is -2.33. The maximum absolute atomic E-state index is 12.0. The number of carbonyl (C=O) groups is 1. The topological polar surface area (TPSA) is 58.4 Å². The van der Waals surface area contributed by atoms with Crippen LogP contribution < -0.4 is 5.32 Å². The summed E-state index contributed by atoms with van der Waals surface area (Å²) in [5.41, 5.74) is 1.50. The van der Waals surface area contributed by atoms with Gasteiger partial charge in [-0.25, -0.2) is 4.98 Å². The Kier molecular flexibility index (Phi) is 4.95. The second-order valence-electron chi connectivity index (χ2n) is 5.72. The molecule has 1 N–H and O–H groups in total. The van der Waals surface area contributed by atoms with Gasteiger partial charge in [-0.15, -0.1) is 11.3 Å². The first-order chi connectivity index (χ1) is 10.6. The molecule has 22 heavy (non-hydrogen) atoms. The smallest absolute Gasteiger partial charge is 0.260 e. The highest BCUT2D eigenvalue weighted by atomic mass is 79.9. The van der Waals surface area contributed by atoms with Gasteiger partial charge in [-0.3, -0.25) is 15.0 Å². The Bertz CT molecular complexity index is 655. The van der Waals surface area contributed by atoms with E-state index in [1.165, 1.54) is 30.4 Å². The minimum Gasteiger partial charge on any atom is -0.457 e. The molecule has 118 valence electrons. The predicted octanol–water partition coefficient (Wildman–Crippen LogP) is 3.98. The summed E-state index contributed by atoms with van der Waals surface area (Å²) in [5.74, 6) is 0.549. The van der Waals surface area contributed by atoms with E-state index in [4.69, 9.17) is 4.42 Å². The molecule has 1 saturated heterocycles. The molecule has 3 rings (SSSR count). The van der Waals surface area contributed by atoms with E-state index in [2.05, 4.69) is 38.1 Å². The Morgan fingerprint density at radius 1 is 1.64 bits per heavy atom. The van der Waals surface area contributed by atoms with Crippen molar-refractivity contribution in [3.63, 3.8) is 0 Å². The summed E-state index contributed by atoms with van der Waals surface area (Å²) in [6.45, 7) is 5.41. The average molecular weight is 384 g/mol. The predicted molar refractivity (Wildman–Crippen MR) is 90.2 cm³/mol. The van der Waals surface area contributed by atoms with Crippen LogP contribution in [0.4, 0.5) is 5.13 Å². The number of nitrogens with zero attached hydrogens (tertiary/aromatic N) is 2. The third kappa shape index (κ3) is 3.97. The Morgan fingerprint density at radius 2 is 2.50 bits per heavy atom. The van der Waals surface area contributed by atoms with Crippen molar-refractivity contribution in [1.29, 1.82) is 0 Å². The van der Waals surface area contributed by atoms with E-state index < -0.39 is 0 Å². The van der Waals surface area contributed by atoms with Crippen LogP contribution in [-0.2, 0) is 6.54 Å². The first-order valence-electron chi connectivity index (χ1n) is 7.32. The fraction of sp³-hybridized carbons (Fsp3) is 0.467. The average Bonchev–Trinajstić information content (AvgIpc) is 3.08. The zero-order valence-electron chi connectivity index (χ0n) is 12.3. The summed E-state index contributed by atoms with van der Waals surface area (Å²) >= 11 is 4.64. The SMILES string of the molecule is C[C@H]1CCCN(Cc2csc(NC(=O)c3coc(Br)c3)n2)C1. The van der Waals surface area contributed by atoms with Crippen LogP contribution in [0.5, 0.6) is 0 Å². The van der Waals surface area contributed by atoms with Crippen molar-refractivity contribution in [3.05, 3.63) is 33.6 Å². The zero-order chi connectivity index (χ0) is 15.5. The highest BCUT2D eigenvalue weighted by Crippen LogP contribution is 2.22. The van der Waals surface area contributed by atoms with Crippen LogP contribution in [0.2, 0.25) is 0 Å². The molecule has 1 amide bonds. The van der Waals surface area contributed by atoms with Gasteiger partial charge in [-0.1, -0.05) is 6.92 Å². The summed E-state index contributed by atoms with van der Waals surface area (Å²) in [6, 6.07) is 1.64. The summed E-state index contributed by atoms with van der Waals surface area (Å²) in [5, 5.41) is 5.45. The van der Waals surface area contributed by atoms with E-state index in [1.54, 1.807) is 6.07 Å². The van der Waals surface area contributed by atoms with Crippen molar-refractivity contribution in [2.24, 2.45) is 5.92 Å². The zero-order valence-corrected chi connectivity index (χ0v) is 14.7. The number of aromatic nitrogens is 1. The Balaban J connectivity index is 1.58. The number of nitrogens with one attached hydrogen (secondary N) is 1. The van der Waals surface area contributed by atoms with Crippen molar-refractivity contribution in [2.75, 3.05) is 18.4 Å². The van der Waals surface area contributed by atoms with E-state index in [0.717, 1.165) is 31.2 Å². The number of furan rings is 1. The number of thiazole rings is 1. The van der Waals surface area contributed by atoms with Gasteiger partial charge in [0.2, 0.25) is 0 Å². The lowest BCUT2D eigenvalue weighted by atomic mass is 10.0. The number of hydrogen-bond acceptors (Lipinski definition) is 5. The van der Waals surface area contributed by atoms with Crippen molar-refractivity contribution in [2.45, 2.75) is 26.3 Å². The minimum absolute atomic E-state index is 0.207. The molecule has 1 fully saturated rings. The first-order valence-corrected chi connectivity index (χ1v) is 8.99. The highest BCUT2D eigenvalue weighted by molar-refractivity contribution is 9.10. The van der Waals surface area contributed by atoms with Gasteiger partial charge >= 0.3 is 0 Å². The normalized spacial score (nSPS) is 19.3. The van der Waals surface area contributed by atoms with Crippen LogP contribution in [-0.4, -0.2) is 28.9 Å². The molecule has 0 aliphatic carbocycles. The van der Waals surface area contributed by atoms with Gasteiger partial charge in [-0.2, -0.15) is 0 Å². The molecule has 0 saturated carbocycles. The van der Waals surface area contributed by atoms with Gasteiger partial charge < -0.3 is 4.42 Å². The summed E-state index contributed by atoms with van der Waals surface area (Å²) in [6.07, 6.45) is 3.99. The van der Waals surface area contributed by atoms with Crippen LogP contribution in [0.15, 0.2) is 26.8 Å². The van der Waals surface area contributed by atoms with Crippen LogP contribution in [0.25, 0.3) is 0 Å². The monoisotopic (exact) mass is 383 g/mol. The Morgan fingerprint density at radius 3 is 3.23 bits per heavy atom. The standard InChI is InChI=1S/C15H18BrN3O2S/c1-10-3-2-4-19(6-10)7-12-9-22-15(17-12)18-14(20)11-5-13(16)21-8-11/h5,8-10H,2-4,6-7H2,1H3,(H,17,18,20)/t10-/m0/s1. The molecule has 1 atom stereocenters. The number of carbonyl (C=O) groups excluding carboxylic acids is 1. The van der Waals surface area contributed by atoms with Crippen molar-refractivity contribution in [3.8, 4) is 0 Å². The Hall–Kier alpha value is -1.18. The molecule has 3 heterocycles. The third-order valence-corrected chi connectivity index (χ3v) is 4.95. The maximum Gasteiger partial charge on any atom is 0.260 e. The molecular weight excluding hydrogens is 366 g/mol. The van der Waals surface area contributed by atoms with E-state index in [9.17, 15) is 4.79 Å². The molecule has 0 unspecified atom stereocenters. The summed E-state index contributed by atoms with van der Waals surface area (Å²) in [4.78, 5) is 19.0. The quantitative estimate of drug-likeness (QED) is 0.866. The van der Waals surface area contributed by atoms with Crippen LogP contribution >= 0.6 is 27.3 Å². The van der Waals surface area contributed by atoms with E-state index >= 15 is 0 Å². The molecular formula is C15H18BrN3O2S. The van der Waals surface area contributed by atoms with E-state index in [1.807, 2.05) is 5.38 Å². The highest BCUT2D eigenvalue weighted by Gasteiger charge is 2.18. The van der Waals surface area contributed by atoms with Gasteiger partial charge in [0.1, 0.15) is 6.26 Å². The molecule has 0 spiro atoms. The largest absolute Gasteiger partial charge is 0.457 e. The van der Waals surface area contributed by atoms with Crippen LogP contribution in [0.1, 0.15) is 35.8 Å². The molecule has 0 radical (unpaired) electrons. The van der Waals surface area contributed by atoms with Gasteiger partial charge in [0.25, 0.3) is 5.91 Å². The molecule has 1 aliphatic rings. The maximum atomic E-state index is 12.0. The fourth-order valence-electron chi connectivity index (χ4n) is 2.69. The van der Waals surface area contributed by atoms with Crippen molar-refractivity contribution >= 4 is 38.3 Å². The molecule has 2 aromatic rings. The number of piperidine rings is 1. The van der Waals surface area contributed by atoms with Crippen molar-refractivity contribution < 1.29 is 9.21 Å². The molecule has 0 aromatic carbocycles. The molecule has 5 nitrogen and oxygen atoms in total. The molecule has 0 bridgehead atoms. The van der Waals surface area contributed by atoms with Gasteiger partial charge in [0.15, 0.2) is 9.80 Å². The number of likely N-dealkylation sites (tertiary alicyclic amines) is 1. The number of amides is 1. The summed E-state index contributed by atoms with van der Waals surface area (Å²) < 4.78 is 5.61. The van der Waals surface area contributed by atoms with Crippen molar-refractivity contribution in [1.82, 2.24) is 9.88 Å². The number of anilines is 1. The second-order valence-corrected chi connectivity index (χ2v) is 7.36. The van der Waals surface area contributed by atoms with E-state index in [-0.39, 0.29) is 5.91 Å². The third-order valence-electron chi connectivity index (χ3n) is 3.73.